The van der Waals surface area contributed by atoms with Gasteiger partial charge in [0.2, 0.25) is 0 Å². The Morgan fingerprint density at radius 3 is 2.47 bits per heavy atom. The largest absolute Gasteiger partial charge is 0.465 e. The van der Waals surface area contributed by atoms with Gasteiger partial charge in [0.05, 0.1) is 12.1 Å². The Morgan fingerprint density at radius 2 is 2.00 bits per heavy atom. The number of amides is 1. The molecule has 0 aromatic heterocycles. The lowest BCUT2D eigenvalue weighted by Crippen LogP contribution is -2.42. The molecule has 2 atom stereocenters. The van der Waals surface area contributed by atoms with Gasteiger partial charge in [0.1, 0.15) is 0 Å². The van der Waals surface area contributed by atoms with Crippen molar-refractivity contribution in [3.8, 4) is 0 Å². The molecule has 1 aliphatic carbocycles. The van der Waals surface area contributed by atoms with Crippen LogP contribution < -0.4 is 5.32 Å². The molecule has 0 heterocycles. The van der Waals surface area contributed by atoms with Gasteiger partial charge in [-0.1, -0.05) is 32.1 Å². The first-order valence-electron chi connectivity index (χ1n) is 5.77. The minimum absolute atomic E-state index is 0.314. The summed E-state index contributed by atoms with van der Waals surface area (Å²) in [6.07, 6.45) is 5.23. The minimum atomic E-state index is -1.04. The number of carboxylic acid groups (broad SMARTS) is 1. The zero-order valence-corrected chi connectivity index (χ0v) is 9.28. The SMILES string of the molecule is C[C@@H](O)[C@H](CC1CCCCC1)NC(=O)O. The topological polar surface area (TPSA) is 69.6 Å². The van der Waals surface area contributed by atoms with Crippen LogP contribution in [0.2, 0.25) is 0 Å². The van der Waals surface area contributed by atoms with E-state index in [2.05, 4.69) is 5.32 Å². The molecular formula is C11H21NO3. The first kappa shape index (κ1) is 12.3. The highest BCUT2D eigenvalue weighted by atomic mass is 16.4. The second-order valence-electron chi connectivity index (χ2n) is 4.54. The minimum Gasteiger partial charge on any atom is -0.465 e. The maximum absolute atomic E-state index is 10.5. The van der Waals surface area contributed by atoms with Gasteiger partial charge in [-0.3, -0.25) is 0 Å². The highest BCUT2D eigenvalue weighted by Gasteiger charge is 2.23. The van der Waals surface area contributed by atoms with Crippen molar-refractivity contribution in [2.45, 2.75) is 57.6 Å². The molecule has 0 unspecified atom stereocenters. The van der Waals surface area contributed by atoms with E-state index < -0.39 is 12.2 Å². The summed E-state index contributed by atoms with van der Waals surface area (Å²) in [5.41, 5.74) is 0. The van der Waals surface area contributed by atoms with Gasteiger partial charge in [-0.25, -0.2) is 4.79 Å². The van der Waals surface area contributed by atoms with Crippen LogP contribution in [0, 0.1) is 5.92 Å². The van der Waals surface area contributed by atoms with Crippen LogP contribution in [0.3, 0.4) is 0 Å². The van der Waals surface area contributed by atoms with E-state index in [9.17, 15) is 9.90 Å². The summed E-state index contributed by atoms with van der Waals surface area (Å²) in [6, 6.07) is -0.314. The molecule has 0 aromatic rings. The zero-order valence-electron chi connectivity index (χ0n) is 9.28. The van der Waals surface area contributed by atoms with E-state index in [0.717, 1.165) is 6.42 Å². The van der Waals surface area contributed by atoms with Gasteiger partial charge < -0.3 is 15.5 Å². The molecule has 15 heavy (non-hydrogen) atoms. The number of nitrogens with one attached hydrogen (secondary N) is 1. The predicted octanol–water partition coefficient (Wildman–Crippen LogP) is 1.97. The van der Waals surface area contributed by atoms with Gasteiger partial charge in [0.25, 0.3) is 0 Å². The summed E-state index contributed by atoms with van der Waals surface area (Å²) < 4.78 is 0. The molecule has 0 bridgehead atoms. The fourth-order valence-corrected chi connectivity index (χ4v) is 2.32. The van der Waals surface area contributed by atoms with Gasteiger partial charge in [0.15, 0.2) is 0 Å². The Balaban J connectivity index is 2.38. The molecule has 4 nitrogen and oxygen atoms in total. The van der Waals surface area contributed by atoms with Gasteiger partial charge in [0, 0.05) is 0 Å². The quantitative estimate of drug-likeness (QED) is 0.671. The second-order valence-corrected chi connectivity index (χ2v) is 4.54. The van der Waals surface area contributed by atoms with E-state index in [1.807, 2.05) is 0 Å². The molecule has 4 heteroatoms. The summed E-state index contributed by atoms with van der Waals surface area (Å²) in [5.74, 6) is 0.574. The number of aliphatic hydroxyl groups excluding tert-OH is 1. The smallest absolute Gasteiger partial charge is 0.404 e. The summed E-state index contributed by atoms with van der Waals surface area (Å²) in [7, 11) is 0. The number of hydrogen-bond acceptors (Lipinski definition) is 2. The van der Waals surface area contributed by atoms with Gasteiger partial charge in [-0.05, 0) is 19.3 Å². The highest BCUT2D eigenvalue weighted by Crippen LogP contribution is 2.27. The first-order chi connectivity index (χ1) is 7.09. The fourth-order valence-electron chi connectivity index (χ4n) is 2.32. The van der Waals surface area contributed by atoms with Gasteiger partial charge in [-0.2, -0.15) is 0 Å². The van der Waals surface area contributed by atoms with E-state index in [1.54, 1.807) is 6.92 Å². The maximum Gasteiger partial charge on any atom is 0.404 e. The van der Waals surface area contributed by atoms with Crippen molar-refractivity contribution in [3.63, 3.8) is 0 Å². The van der Waals surface area contributed by atoms with Crippen LogP contribution in [-0.4, -0.2) is 28.5 Å². The van der Waals surface area contributed by atoms with Crippen LogP contribution in [0.25, 0.3) is 0 Å². The van der Waals surface area contributed by atoms with Crippen LogP contribution in [0.5, 0.6) is 0 Å². The normalized spacial score (nSPS) is 22.0. The molecule has 3 N–H and O–H groups in total. The van der Waals surface area contributed by atoms with Crippen molar-refractivity contribution in [1.82, 2.24) is 5.32 Å². The lowest BCUT2D eigenvalue weighted by atomic mass is 9.84. The van der Waals surface area contributed by atoms with E-state index in [1.165, 1.54) is 32.1 Å². The molecule has 1 aliphatic rings. The molecule has 0 spiro atoms. The van der Waals surface area contributed by atoms with E-state index in [4.69, 9.17) is 5.11 Å². The Bertz CT molecular complexity index is 200. The van der Waals surface area contributed by atoms with Crippen LogP contribution in [0.1, 0.15) is 45.4 Å². The second kappa shape index (κ2) is 5.95. The Kier molecular flexibility index (Phi) is 4.88. The average molecular weight is 215 g/mol. The number of aliphatic hydroxyl groups is 1. The van der Waals surface area contributed by atoms with Crippen LogP contribution >= 0.6 is 0 Å². The highest BCUT2D eigenvalue weighted by molar-refractivity contribution is 5.64. The monoisotopic (exact) mass is 215 g/mol. The first-order valence-corrected chi connectivity index (χ1v) is 5.77. The Morgan fingerprint density at radius 1 is 1.40 bits per heavy atom. The van der Waals surface area contributed by atoms with E-state index in [0.29, 0.717) is 5.92 Å². The molecule has 1 amide bonds. The third kappa shape index (κ3) is 4.51. The molecular weight excluding hydrogens is 194 g/mol. The van der Waals surface area contributed by atoms with Crippen molar-refractivity contribution in [1.29, 1.82) is 0 Å². The summed E-state index contributed by atoms with van der Waals surface area (Å²) >= 11 is 0. The van der Waals surface area contributed by atoms with E-state index >= 15 is 0 Å². The number of rotatable bonds is 4. The molecule has 1 rings (SSSR count). The van der Waals surface area contributed by atoms with Crippen molar-refractivity contribution >= 4 is 6.09 Å². The lowest BCUT2D eigenvalue weighted by Gasteiger charge is -2.27. The van der Waals surface area contributed by atoms with Crippen molar-refractivity contribution < 1.29 is 15.0 Å². The number of hydrogen-bond donors (Lipinski definition) is 3. The zero-order chi connectivity index (χ0) is 11.3. The molecule has 0 radical (unpaired) electrons. The van der Waals surface area contributed by atoms with Crippen molar-refractivity contribution in [2.24, 2.45) is 5.92 Å². The van der Waals surface area contributed by atoms with Gasteiger partial charge in [-0.15, -0.1) is 0 Å². The summed E-state index contributed by atoms with van der Waals surface area (Å²) in [6.45, 7) is 1.64. The molecule has 0 saturated heterocycles. The number of carbonyl (C=O) groups is 1. The fraction of sp³-hybridized carbons (Fsp3) is 0.909. The van der Waals surface area contributed by atoms with Crippen LogP contribution in [0.4, 0.5) is 4.79 Å². The van der Waals surface area contributed by atoms with Crippen LogP contribution in [-0.2, 0) is 0 Å². The molecule has 0 aromatic carbocycles. The summed E-state index contributed by atoms with van der Waals surface area (Å²) in [5, 5.41) is 20.5. The molecule has 0 aliphatic heterocycles. The molecule has 88 valence electrons. The van der Waals surface area contributed by atoms with Crippen molar-refractivity contribution in [3.05, 3.63) is 0 Å². The lowest BCUT2D eigenvalue weighted by molar-refractivity contribution is 0.116. The average Bonchev–Trinajstić information content (AvgIpc) is 2.17. The molecule has 1 saturated carbocycles. The third-order valence-electron chi connectivity index (χ3n) is 3.20. The van der Waals surface area contributed by atoms with E-state index in [-0.39, 0.29) is 6.04 Å². The van der Waals surface area contributed by atoms with Crippen LogP contribution in [0.15, 0.2) is 0 Å². The van der Waals surface area contributed by atoms with Crippen molar-refractivity contribution in [2.75, 3.05) is 0 Å². The summed E-state index contributed by atoms with van der Waals surface area (Å²) in [4.78, 5) is 10.5. The predicted molar refractivity (Wildman–Crippen MR) is 57.8 cm³/mol. The standard InChI is InChI=1S/C11H21NO3/c1-8(13)10(12-11(14)15)7-9-5-3-2-4-6-9/h8-10,12-13H,2-7H2,1H3,(H,14,15)/t8-,10+/m1/s1. The Labute approximate surface area is 90.7 Å². The molecule has 1 fully saturated rings. The van der Waals surface area contributed by atoms with Gasteiger partial charge >= 0.3 is 6.09 Å². The Hall–Kier alpha value is -0.770. The third-order valence-corrected chi connectivity index (χ3v) is 3.20. The maximum atomic E-state index is 10.5.